The van der Waals surface area contributed by atoms with E-state index >= 15 is 0 Å². The van der Waals surface area contributed by atoms with Crippen LogP contribution in [-0.4, -0.2) is 76.0 Å². The first kappa shape index (κ1) is 24.9. The number of carbonyl (C=O) groups excluding carboxylic acids is 1. The SMILES string of the molecule is Nc1ccccc1C(=O)OCC(O)CO.O=C(O)c1ccccc1NCC(O)CO. The molecule has 2 aromatic rings. The second kappa shape index (κ2) is 13.1. The Labute approximate surface area is 173 Å². The number of ether oxygens (including phenoxy) is 1. The third kappa shape index (κ3) is 8.45. The van der Waals surface area contributed by atoms with Crippen LogP contribution in [0.3, 0.4) is 0 Å². The molecule has 0 aromatic heterocycles. The van der Waals surface area contributed by atoms with Crippen molar-refractivity contribution in [3.05, 3.63) is 59.7 Å². The number of carboxylic acid groups (broad SMARTS) is 1. The largest absolute Gasteiger partial charge is 0.478 e. The Morgan fingerprint density at radius 3 is 2.07 bits per heavy atom. The molecule has 0 radical (unpaired) electrons. The predicted molar refractivity (Wildman–Crippen MR) is 109 cm³/mol. The van der Waals surface area contributed by atoms with Crippen molar-refractivity contribution in [1.29, 1.82) is 0 Å². The van der Waals surface area contributed by atoms with Crippen molar-refractivity contribution in [3.8, 4) is 0 Å². The normalized spacial score (nSPS) is 12.1. The van der Waals surface area contributed by atoms with Crippen molar-refractivity contribution in [2.45, 2.75) is 12.2 Å². The van der Waals surface area contributed by atoms with Gasteiger partial charge in [-0.05, 0) is 24.3 Å². The number of nitrogens with one attached hydrogen (secondary N) is 1. The zero-order valence-corrected chi connectivity index (χ0v) is 16.1. The number of hydrogen-bond donors (Lipinski definition) is 7. The number of aliphatic hydroxyl groups excluding tert-OH is 4. The lowest BCUT2D eigenvalue weighted by atomic mass is 10.2. The van der Waals surface area contributed by atoms with Crippen LogP contribution in [0.5, 0.6) is 0 Å². The topological polar surface area (TPSA) is 183 Å². The Hall–Kier alpha value is -3.18. The standard InChI is InChI=1S/2C10H13NO4/c11-9-4-2-1-3-8(9)10(14)15-6-7(13)5-12;12-6-7(13)5-11-9-4-2-1-3-8(9)10(14)15/h1-4,7,12-13H,5-6,11H2;1-4,7,11-13H,5-6H2,(H,14,15). The average molecular weight is 422 g/mol. The van der Waals surface area contributed by atoms with Crippen LogP contribution in [0.1, 0.15) is 20.7 Å². The Morgan fingerprint density at radius 2 is 1.50 bits per heavy atom. The molecule has 2 atom stereocenters. The molecule has 2 rings (SSSR count). The highest BCUT2D eigenvalue weighted by atomic mass is 16.5. The minimum Gasteiger partial charge on any atom is -0.478 e. The van der Waals surface area contributed by atoms with E-state index in [1.807, 2.05) is 0 Å². The van der Waals surface area contributed by atoms with E-state index in [-0.39, 0.29) is 30.9 Å². The summed E-state index contributed by atoms with van der Waals surface area (Å²) in [6.45, 7) is -0.940. The summed E-state index contributed by atoms with van der Waals surface area (Å²) in [5.41, 5.74) is 6.69. The molecule has 164 valence electrons. The second-order valence-electron chi connectivity index (χ2n) is 6.09. The van der Waals surface area contributed by atoms with Gasteiger partial charge < -0.3 is 41.3 Å². The molecular weight excluding hydrogens is 396 g/mol. The van der Waals surface area contributed by atoms with Crippen molar-refractivity contribution < 1.29 is 39.9 Å². The minimum atomic E-state index is -1.06. The van der Waals surface area contributed by atoms with Crippen molar-refractivity contribution in [3.63, 3.8) is 0 Å². The number of carbonyl (C=O) groups is 2. The molecule has 0 aliphatic rings. The predicted octanol–water partition coefficient (Wildman–Crippen LogP) is -0.0713. The van der Waals surface area contributed by atoms with E-state index in [1.54, 1.807) is 36.4 Å². The first-order chi connectivity index (χ1) is 14.3. The van der Waals surface area contributed by atoms with Crippen LogP contribution in [0.4, 0.5) is 11.4 Å². The Bertz CT molecular complexity index is 815. The molecule has 0 heterocycles. The fourth-order valence-corrected chi connectivity index (χ4v) is 2.10. The maximum absolute atomic E-state index is 11.4. The van der Waals surface area contributed by atoms with Gasteiger partial charge in [0.2, 0.25) is 0 Å². The summed E-state index contributed by atoms with van der Waals surface area (Å²) in [5, 5.41) is 46.7. The first-order valence-corrected chi connectivity index (χ1v) is 8.95. The van der Waals surface area contributed by atoms with Gasteiger partial charge in [0.25, 0.3) is 0 Å². The maximum Gasteiger partial charge on any atom is 0.340 e. The van der Waals surface area contributed by atoms with E-state index < -0.39 is 30.8 Å². The summed E-state index contributed by atoms with van der Waals surface area (Å²) in [5.74, 6) is -1.64. The number of esters is 1. The number of aliphatic hydroxyl groups is 4. The van der Waals surface area contributed by atoms with Gasteiger partial charge in [0.05, 0.1) is 30.4 Å². The highest BCUT2D eigenvalue weighted by Crippen LogP contribution is 2.14. The summed E-state index contributed by atoms with van der Waals surface area (Å²) in [7, 11) is 0. The molecule has 0 bridgehead atoms. The molecule has 0 aliphatic heterocycles. The minimum absolute atomic E-state index is 0.112. The van der Waals surface area contributed by atoms with Crippen molar-refractivity contribution in [2.75, 3.05) is 37.4 Å². The number of hydrogen-bond acceptors (Lipinski definition) is 9. The lowest BCUT2D eigenvalue weighted by molar-refractivity contribution is 0.00940. The summed E-state index contributed by atoms with van der Waals surface area (Å²) in [4.78, 5) is 22.2. The number of rotatable bonds is 9. The molecule has 2 aromatic carbocycles. The Kier molecular flexibility index (Phi) is 10.9. The molecule has 0 saturated carbocycles. The summed E-state index contributed by atoms with van der Waals surface area (Å²) >= 11 is 0. The molecule has 10 nitrogen and oxygen atoms in total. The Morgan fingerprint density at radius 1 is 0.933 bits per heavy atom. The molecule has 0 amide bonds. The number of nitrogens with two attached hydrogens (primary N) is 1. The van der Waals surface area contributed by atoms with Crippen LogP contribution in [0, 0.1) is 0 Å². The zero-order valence-electron chi connectivity index (χ0n) is 16.1. The molecule has 10 heteroatoms. The van der Waals surface area contributed by atoms with E-state index in [9.17, 15) is 9.59 Å². The van der Waals surface area contributed by atoms with E-state index in [0.29, 0.717) is 11.4 Å². The fourth-order valence-electron chi connectivity index (χ4n) is 2.10. The van der Waals surface area contributed by atoms with E-state index in [0.717, 1.165) is 0 Å². The molecule has 0 saturated heterocycles. The van der Waals surface area contributed by atoms with E-state index in [1.165, 1.54) is 12.1 Å². The molecular formula is C20H26N2O8. The monoisotopic (exact) mass is 422 g/mol. The quantitative estimate of drug-likeness (QED) is 0.213. The van der Waals surface area contributed by atoms with Gasteiger partial charge in [0, 0.05) is 17.9 Å². The number of anilines is 2. The van der Waals surface area contributed by atoms with E-state index in [2.05, 4.69) is 5.32 Å². The first-order valence-electron chi connectivity index (χ1n) is 8.95. The molecule has 30 heavy (non-hydrogen) atoms. The van der Waals surface area contributed by atoms with Gasteiger partial charge in [-0.2, -0.15) is 0 Å². The third-order valence-electron chi connectivity index (χ3n) is 3.69. The van der Waals surface area contributed by atoms with Gasteiger partial charge in [0.1, 0.15) is 12.7 Å². The number of para-hydroxylation sites is 2. The van der Waals surface area contributed by atoms with E-state index in [4.69, 9.17) is 36.0 Å². The maximum atomic E-state index is 11.4. The molecule has 2 unspecified atom stereocenters. The smallest absolute Gasteiger partial charge is 0.340 e. The van der Waals surface area contributed by atoms with Gasteiger partial charge in [0.15, 0.2) is 0 Å². The van der Waals surface area contributed by atoms with Crippen LogP contribution in [0.2, 0.25) is 0 Å². The van der Waals surface area contributed by atoms with Crippen molar-refractivity contribution >= 4 is 23.3 Å². The zero-order chi connectivity index (χ0) is 22.5. The van der Waals surface area contributed by atoms with Gasteiger partial charge in [-0.1, -0.05) is 24.3 Å². The molecule has 0 fully saturated rings. The van der Waals surface area contributed by atoms with Gasteiger partial charge in [-0.15, -0.1) is 0 Å². The van der Waals surface area contributed by atoms with Crippen LogP contribution in [0.15, 0.2) is 48.5 Å². The van der Waals surface area contributed by atoms with Gasteiger partial charge in [-0.25, -0.2) is 9.59 Å². The summed E-state index contributed by atoms with van der Waals surface area (Å²) in [6.07, 6.45) is -1.95. The Balaban J connectivity index is 0.000000300. The number of aromatic carboxylic acids is 1. The van der Waals surface area contributed by atoms with Crippen molar-refractivity contribution in [2.24, 2.45) is 0 Å². The second-order valence-corrected chi connectivity index (χ2v) is 6.09. The highest BCUT2D eigenvalue weighted by molar-refractivity contribution is 5.95. The lowest BCUT2D eigenvalue weighted by Crippen LogP contribution is -2.23. The van der Waals surface area contributed by atoms with Crippen LogP contribution < -0.4 is 11.1 Å². The number of benzene rings is 2. The van der Waals surface area contributed by atoms with Gasteiger partial charge in [-0.3, -0.25) is 0 Å². The third-order valence-corrected chi connectivity index (χ3v) is 3.69. The van der Waals surface area contributed by atoms with Crippen LogP contribution in [-0.2, 0) is 4.74 Å². The average Bonchev–Trinajstić information content (AvgIpc) is 2.76. The highest BCUT2D eigenvalue weighted by Gasteiger charge is 2.12. The van der Waals surface area contributed by atoms with Crippen LogP contribution in [0.25, 0.3) is 0 Å². The molecule has 8 N–H and O–H groups in total. The summed E-state index contributed by atoms with van der Waals surface area (Å²) in [6, 6.07) is 12.9. The molecule has 0 aliphatic carbocycles. The molecule has 0 spiro atoms. The number of carboxylic acids is 1. The lowest BCUT2D eigenvalue weighted by Gasteiger charge is -2.11. The number of nitrogen functional groups attached to an aromatic ring is 1. The van der Waals surface area contributed by atoms with Crippen LogP contribution >= 0.6 is 0 Å². The van der Waals surface area contributed by atoms with Crippen molar-refractivity contribution in [1.82, 2.24) is 0 Å². The fraction of sp³-hybridized carbons (Fsp3) is 0.300. The summed E-state index contributed by atoms with van der Waals surface area (Å²) < 4.78 is 4.73. The van der Waals surface area contributed by atoms with Gasteiger partial charge >= 0.3 is 11.9 Å².